The number of nitrogens with zero attached hydrogens (tertiary/aromatic N) is 4. The van der Waals surface area contributed by atoms with Crippen LogP contribution in [0.4, 0.5) is 0 Å². The summed E-state index contributed by atoms with van der Waals surface area (Å²) in [6.07, 6.45) is 17.4. The van der Waals surface area contributed by atoms with Gasteiger partial charge in [0.2, 0.25) is 5.91 Å². The Balaban J connectivity index is 1.32. The van der Waals surface area contributed by atoms with Gasteiger partial charge in [0, 0.05) is 56.0 Å². The third kappa shape index (κ3) is 4.87. The average molecular weight is 371 g/mol. The van der Waals surface area contributed by atoms with Crippen LogP contribution in [0.1, 0.15) is 87.9 Å². The van der Waals surface area contributed by atoms with Crippen molar-refractivity contribution in [1.82, 2.24) is 19.8 Å². The summed E-state index contributed by atoms with van der Waals surface area (Å²) < 4.78 is 0. The van der Waals surface area contributed by atoms with Crippen molar-refractivity contribution in [1.29, 1.82) is 0 Å². The van der Waals surface area contributed by atoms with E-state index in [2.05, 4.69) is 22.2 Å². The summed E-state index contributed by atoms with van der Waals surface area (Å²) in [4.78, 5) is 26.0. The van der Waals surface area contributed by atoms with Crippen LogP contribution in [0.5, 0.6) is 0 Å². The predicted molar refractivity (Wildman–Crippen MR) is 106 cm³/mol. The third-order valence-electron chi connectivity index (χ3n) is 6.73. The van der Waals surface area contributed by atoms with Crippen LogP contribution in [-0.4, -0.2) is 51.4 Å². The number of amides is 1. The quantitative estimate of drug-likeness (QED) is 0.762. The van der Waals surface area contributed by atoms with Crippen molar-refractivity contribution in [2.75, 3.05) is 19.6 Å². The highest BCUT2D eigenvalue weighted by Crippen LogP contribution is 2.30. The second-order valence-corrected chi connectivity index (χ2v) is 8.68. The van der Waals surface area contributed by atoms with E-state index in [0.29, 0.717) is 17.9 Å². The topological polar surface area (TPSA) is 49.3 Å². The van der Waals surface area contributed by atoms with Crippen molar-refractivity contribution >= 4 is 5.91 Å². The zero-order valence-electron chi connectivity index (χ0n) is 16.6. The second kappa shape index (κ2) is 9.13. The third-order valence-corrected chi connectivity index (χ3v) is 6.73. The number of likely N-dealkylation sites (tertiary alicyclic amines) is 2. The van der Waals surface area contributed by atoms with E-state index in [1.165, 1.54) is 56.9 Å². The first-order valence-corrected chi connectivity index (χ1v) is 11.1. The Morgan fingerprint density at radius 2 is 1.70 bits per heavy atom. The highest BCUT2D eigenvalue weighted by Gasteiger charge is 2.26. The van der Waals surface area contributed by atoms with E-state index in [1.807, 2.05) is 0 Å². The van der Waals surface area contributed by atoms with Crippen LogP contribution in [-0.2, 0) is 11.3 Å². The number of piperidine rings is 1. The molecule has 0 N–H and O–H groups in total. The summed E-state index contributed by atoms with van der Waals surface area (Å²) in [6, 6.07) is 0.588. The van der Waals surface area contributed by atoms with E-state index in [1.54, 1.807) is 0 Å². The van der Waals surface area contributed by atoms with Gasteiger partial charge < -0.3 is 4.90 Å². The fraction of sp³-hybridized carbons (Fsp3) is 0.773. The molecule has 3 aliphatic rings. The summed E-state index contributed by atoms with van der Waals surface area (Å²) >= 11 is 0. The summed E-state index contributed by atoms with van der Waals surface area (Å²) in [5, 5.41) is 0. The Labute approximate surface area is 163 Å². The highest BCUT2D eigenvalue weighted by atomic mass is 16.2. The molecular weight excluding hydrogens is 336 g/mol. The molecular formula is C22H34N4O. The van der Waals surface area contributed by atoms with Crippen molar-refractivity contribution < 1.29 is 4.79 Å². The van der Waals surface area contributed by atoms with Gasteiger partial charge >= 0.3 is 0 Å². The van der Waals surface area contributed by atoms with E-state index >= 15 is 0 Å². The Kier molecular flexibility index (Phi) is 6.38. The maximum atomic E-state index is 11.9. The molecule has 1 aromatic rings. The molecule has 1 saturated carbocycles. The normalized spacial score (nSPS) is 25.3. The first-order valence-electron chi connectivity index (χ1n) is 11.1. The lowest BCUT2D eigenvalue weighted by molar-refractivity contribution is -0.127. The zero-order chi connectivity index (χ0) is 18.5. The minimum absolute atomic E-state index is 0.351. The van der Waals surface area contributed by atoms with Gasteiger partial charge in [0.15, 0.2) is 0 Å². The molecule has 5 heteroatoms. The summed E-state index contributed by atoms with van der Waals surface area (Å²) in [5.41, 5.74) is 1.23. The molecule has 3 fully saturated rings. The Hall–Kier alpha value is -1.49. The van der Waals surface area contributed by atoms with Crippen LogP contribution in [0.25, 0.3) is 0 Å². The molecule has 1 aliphatic carbocycles. The molecule has 27 heavy (non-hydrogen) atoms. The van der Waals surface area contributed by atoms with Crippen LogP contribution < -0.4 is 0 Å². The van der Waals surface area contributed by atoms with E-state index in [0.717, 1.165) is 51.3 Å². The van der Waals surface area contributed by atoms with E-state index < -0.39 is 0 Å². The van der Waals surface area contributed by atoms with Crippen molar-refractivity contribution in [3.63, 3.8) is 0 Å². The molecule has 5 nitrogen and oxygen atoms in total. The van der Waals surface area contributed by atoms with Gasteiger partial charge in [-0.1, -0.05) is 25.7 Å². The first kappa shape index (κ1) is 18.9. The van der Waals surface area contributed by atoms with Crippen LogP contribution in [0.15, 0.2) is 12.4 Å². The maximum Gasteiger partial charge on any atom is 0.222 e. The smallest absolute Gasteiger partial charge is 0.222 e. The maximum absolute atomic E-state index is 11.9. The van der Waals surface area contributed by atoms with Gasteiger partial charge in [0.1, 0.15) is 5.82 Å². The van der Waals surface area contributed by atoms with Crippen LogP contribution in [0.3, 0.4) is 0 Å². The molecule has 2 aliphatic heterocycles. The molecule has 148 valence electrons. The molecule has 1 atom stereocenters. The fourth-order valence-electron chi connectivity index (χ4n) is 5.09. The monoisotopic (exact) mass is 370 g/mol. The molecule has 1 aromatic heterocycles. The van der Waals surface area contributed by atoms with Crippen molar-refractivity contribution in [3.05, 3.63) is 23.8 Å². The van der Waals surface area contributed by atoms with Crippen LogP contribution in [0, 0.1) is 0 Å². The number of hydrogen-bond acceptors (Lipinski definition) is 4. The molecule has 3 heterocycles. The minimum atomic E-state index is 0.351. The van der Waals surface area contributed by atoms with Gasteiger partial charge in [-0.2, -0.15) is 0 Å². The van der Waals surface area contributed by atoms with Gasteiger partial charge in [-0.3, -0.25) is 9.69 Å². The van der Waals surface area contributed by atoms with E-state index in [9.17, 15) is 4.79 Å². The molecule has 2 saturated heterocycles. The van der Waals surface area contributed by atoms with Gasteiger partial charge in [0.25, 0.3) is 0 Å². The van der Waals surface area contributed by atoms with Crippen molar-refractivity contribution in [3.8, 4) is 0 Å². The minimum Gasteiger partial charge on any atom is -0.343 e. The zero-order valence-corrected chi connectivity index (χ0v) is 16.6. The largest absolute Gasteiger partial charge is 0.343 e. The lowest BCUT2D eigenvalue weighted by Crippen LogP contribution is -2.41. The molecule has 0 radical (unpaired) electrons. The number of carbonyl (C=O) groups excluding carboxylic acids is 1. The molecule has 0 bridgehead atoms. The Bertz CT molecular complexity index is 611. The lowest BCUT2D eigenvalue weighted by atomic mass is 9.89. The van der Waals surface area contributed by atoms with Gasteiger partial charge in [-0.15, -0.1) is 0 Å². The number of aromatic nitrogens is 2. The van der Waals surface area contributed by atoms with Crippen LogP contribution in [0.2, 0.25) is 0 Å². The molecule has 4 rings (SSSR count). The molecule has 1 amide bonds. The summed E-state index contributed by atoms with van der Waals surface area (Å²) in [6.45, 7) is 3.99. The first-order chi connectivity index (χ1) is 13.3. The van der Waals surface area contributed by atoms with Crippen molar-refractivity contribution in [2.45, 2.75) is 89.1 Å². The number of carbonyl (C=O) groups is 1. The SMILES string of the molecule is O=C1CCCN1CCC1CCCCN1Cc1cnc(C2CCCCC2)nc1. The van der Waals surface area contributed by atoms with E-state index in [4.69, 9.17) is 9.97 Å². The Morgan fingerprint density at radius 1 is 0.926 bits per heavy atom. The fourth-order valence-corrected chi connectivity index (χ4v) is 5.09. The Morgan fingerprint density at radius 3 is 2.44 bits per heavy atom. The lowest BCUT2D eigenvalue weighted by Gasteiger charge is -2.36. The summed E-state index contributed by atoms with van der Waals surface area (Å²) in [5.74, 6) is 1.98. The van der Waals surface area contributed by atoms with Crippen molar-refractivity contribution in [2.24, 2.45) is 0 Å². The highest BCUT2D eigenvalue weighted by molar-refractivity contribution is 5.77. The van der Waals surface area contributed by atoms with E-state index in [-0.39, 0.29) is 0 Å². The average Bonchev–Trinajstić information content (AvgIpc) is 3.13. The van der Waals surface area contributed by atoms with Crippen LogP contribution >= 0.6 is 0 Å². The number of rotatable bonds is 6. The molecule has 0 aromatic carbocycles. The predicted octanol–water partition coefficient (Wildman–Crippen LogP) is 3.89. The van der Waals surface area contributed by atoms with Gasteiger partial charge in [0.05, 0.1) is 0 Å². The summed E-state index contributed by atoms with van der Waals surface area (Å²) in [7, 11) is 0. The van der Waals surface area contributed by atoms with Gasteiger partial charge in [-0.25, -0.2) is 9.97 Å². The van der Waals surface area contributed by atoms with Gasteiger partial charge in [-0.05, 0) is 45.1 Å². The standard InChI is InChI=1S/C22H34N4O/c27-21-10-6-13-25(21)14-11-20-9-4-5-12-26(20)17-18-15-23-22(24-16-18)19-7-2-1-3-8-19/h15-16,19-20H,1-14,17H2. The second-order valence-electron chi connectivity index (χ2n) is 8.68. The molecule has 0 spiro atoms. The molecule has 1 unspecified atom stereocenters. The number of hydrogen-bond donors (Lipinski definition) is 0.